The van der Waals surface area contributed by atoms with Crippen LogP contribution in [0.25, 0.3) is 5.69 Å². The van der Waals surface area contributed by atoms with Crippen molar-refractivity contribution >= 4 is 27.2 Å². The van der Waals surface area contributed by atoms with Crippen molar-refractivity contribution in [2.24, 2.45) is 10.2 Å². The number of aromatic nitrogens is 2. The summed E-state index contributed by atoms with van der Waals surface area (Å²) in [6.07, 6.45) is 0. The number of nitro benzene ring substituents is 1. The highest BCUT2D eigenvalue weighted by atomic mass is 32.2. The highest BCUT2D eigenvalue weighted by Gasteiger charge is 2.24. The molecule has 0 aliphatic rings. The molecule has 0 aliphatic heterocycles. The number of aryl methyl sites for hydroxylation is 2. The third kappa shape index (κ3) is 3.97. The van der Waals surface area contributed by atoms with E-state index in [4.69, 9.17) is 0 Å². The predicted molar refractivity (Wildman–Crippen MR) is 105 cm³/mol. The SMILES string of the molecule is Cc1ccc(-n2[nH]c(C)c(N=Nc3cc(S(=O)(=O)O)cc([N+](=O)[O-])c3O)c2=O)cc1. The number of rotatable bonds is 5. The molecule has 0 fully saturated rings. The number of nitro groups is 1. The standard InChI is InChI=1S/C17H15N5O7S/c1-9-3-5-11(6-4-9)21-17(24)15(10(2)20-21)19-18-13-7-12(30(27,28)29)8-14(16(13)23)22(25)26/h3-8,20,23H,1-2H3,(H,27,28,29). The lowest BCUT2D eigenvalue weighted by molar-refractivity contribution is -0.386. The average Bonchev–Trinajstić information content (AvgIpc) is 2.94. The highest BCUT2D eigenvalue weighted by Crippen LogP contribution is 2.39. The molecule has 0 saturated heterocycles. The van der Waals surface area contributed by atoms with Gasteiger partial charge in [-0.15, -0.1) is 10.2 Å². The zero-order valence-electron chi connectivity index (χ0n) is 15.6. The molecule has 0 bridgehead atoms. The van der Waals surface area contributed by atoms with Crippen LogP contribution in [0, 0.1) is 24.0 Å². The van der Waals surface area contributed by atoms with Crippen molar-refractivity contribution in [3.05, 3.63) is 68.1 Å². The molecule has 0 aliphatic carbocycles. The summed E-state index contributed by atoms with van der Waals surface area (Å²) in [6, 6.07) is 8.20. The van der Waals surface area contributed by atoms with Crippen LogP contribution in [0.3, 0.4) is 0 Å². The number of phenolic OH excluding ortho intramolecular Hbond substituents is 1. The van der Waals surface area contributed by atoms with Crippen LogP contribution in [0.2, 0.25) is 0 Å². The van der Waals surface area contributed by atoms with Crippen LogP contribution in [0.15, 0.2) is 56.3 Å². The second-order valence-electron chi connectivity index (χ2n) is 6.30. The molecule has 3 rings (SSSR count). The second kappa shape index (κ2) is 7.53. The van der Waals surface area contributed by atoms with E-state index in [0.29, 0.717) is 23.5 Å². The Hall–Kier alpha value is -3.84. The van der Waals surface area contributed by atoms with Crippen molar-refractivity contribution < 1.29 is 23.0 Å². The number of hydrogen-bond acceptors (Lipinski definition) is 8. The molecule has 0 saturated carbocycles. The lowest BCUT2D eigenvalue weighted by atomic mass is 10.2. The Morgan fingerprint density at radius 3 is 2.33 bits per heavy atom. The van der Waals surface area contributed by atoms with E-state index in [1.807, 2.05) is 6.92 Å². The van der Waals surface area contributed by atoms with Crippen LogP contribution in [-0.4, -0.2) is 32.8 Å². The maximum atomic E-state index is 12.7. The molecule has 0 atom stereocenters. The molecule has 30 heavy (non-hydrogen) atoms. The van der Waals surface area contributed by atoms with E-state index in [0.717, 1.165) is 5.56 Å². The number of phenols is 1. The van der Waals surface area contributed by atoms with E-state index in [1.165, 1.54) is 11.6 Å². The lowest BCUT2D eigenvalue weighted by Gasteiger charge is -2.02. The van der Waals surface area contributed by atoms with Gasteiger partial charge < -0.3 is 5.11 Å². The Labute approximate surface area is 169 Å². The van der Waals surface area contributed by atoms with Crippen molar-refractivity contribution in [1.82, 2.24) is 9.78 Å². The molecule has 3 aromatic rings. The number of H-pyrrole nitrogens is 1. The Balaban J connectivity index is 2.11. The number of hydrogen-bond donors (Lipinski definition) is 3. The summed E-state index contributed by atoms with van der Waals surface area (Å²) < 4.78 is 33.1. The van der Waals surface area contributed by atoms with Crippen LogP contribution >= 0.6 is 0 Å². The van der Waals surface area contributed by atoms with E-state index in [1.54, 1.807) is 24.3 Å². The molecule has 1 aromatic heterocycles. The third-order valence-electron chi connectivity index (χ3n) is 4.13. The van der Waals surface area contributed by atoms with Crippen LogP contribution in [0.1, 0.15) is 11.3 Å². The first-order valence-corrected chi connectivity index (χ1v) is 9.72. The van der Waals surface area contributed by atoms with Crippen LogP contribution in [0.5, 0.6) is 5.75 Å². The molecule has 2 aromatic carbocycles. The van der Waals surface area contributed by atoms with Crippen LogP contribution in [-0.2, 0) is 10.1 Å². The molecular weight excluding hydrogens is 418 g/mol. The largest absolute Gasteiger partial charge is 0.501 e. The molecule has 0 spiro atoms. The van der Waals surface area contributed by atoms with Crippen molar-refractivity contribution in [2.45, 2.75) is 18.7 Å². The fourth-order valence-electron chi connectivity index (χ4n) is 2.58. The quantitative estimate of drug-likeness (QED) is 0.239. The first-order chi connectivity index (χ1) is 14.0. The maximum absolute atomic E-state index is 12.7. The van der Waals surface area contributed by atoms with E-state index >= 15 is 0 Å². The minimum absolute atomic E-state index is 0.158. The number of nitrogens with zero attached hydrogens (tertiary/aromatic N) is 4. The van der Waals surface area contributed by atoms with Crippen molar-refractivity contribution in [3.8, 4) is 11.4 Å². The van der Waals surface area contributed by atoms with Gasteiger partial charge in [0.05, 0.1) is 16.3 Å². The summed E-state index contributed by atoms with van der Waals surface area (Å²) in [6.45, 7) is 3.43. The van der Waals surface area contributed by atoms with Gasteiger partial charge in [-0.05, 0) is 32.0 Å². The van der Waals surface area contributed by atoms with Crippen LogP contribution in [0.4, 0.5) is 17.1 Å². The van der Waals surface area contributed by atoms with Crippen molar-refractivity contribution in [1.29, 1.82) is 0 Å². The molecule has 12 nitrogen and oxygen atoms in total. The topological polar surface area (TPSA) is 180 Å². The van der Waals surface area contributed by atoms with Gasteiger partial charge in [0.25, 0.3) is 15.7 Å². The van der Waals surface area contributed by atoms with Crippen molar-refractivity contribution in [2.75, 3.05) is 0 Å². The fourth-order valence-corrected chi connectivity index (χ4v) is 3.10. The zero-order valence-corrected chi connectivity index (χ0v) is 16.4. The molecule has 0 amide bonds. The zero-order chi connectivity index (χ0) is 22.2. The van der Waals surface area contributed by atoms with Gasteiger partial charge in [-0.2, -0.15) is 8.42 Å². The summed E-state index contributed by atoms with van der Waals surface area (Å²) in [5.41, 5.74) is -0.521. The average molecular weight is 433 g/mol. The fraction of sp³-hybridized carbons (Fsp3) is 0.118. The van der Waals surface area contributed by atoms with E-state index in [2.05, 4.69) is 15.3 Å². The molecule has 1 heterocycles. The monoisotopic (exact) mass is 433 g/mol. The summed E-state index contributed by atoms with van der Waals surface area (Å²) in [7, 11) is -4.82. The number of benzene rings is 2. The third-order valence-corrected chi connectivity index (χ3v) is 4.96. The van der Waals surface area contributed by atoms with Gasteiger partial charge in [-0.3, -0.25) is 24.6 Å². The minimum atomic E-state index is -4.82. The summed E-state index contributed by atoms with van der Waals surface area (Å²) in [5.74, 6) is -0.969. The molecule has 13 heteroatoms. The minimum Gasteiger partial charge on any atom is -0.501 e. The number of nitrogens with one attached hydrogen (secondary N) is 1. The normalized spacial score (nSPS) is 11.8. The predicted octanol–water partition coefficient (Wildman–Crippen LogP) is 3.06. The maximum Gasteiger partial charge on any atom is 0.314 e. The van der Waals surface area contributed by atoms with Crippen LogP contribution < -0.4 is 5.56 Å². The smallest absolute Gasteiger partial charge is 0.314 e. The van der Waals surface area contributed by atoms with Gasteiger partial charge in [0.2, 0.25) is 5.75 Å². The Kier molecular flexibility index (Phi) is 5.24. The van der Waals surface area contributed by atoms with Gasteiger partial charge in [0.1, 0.15) is 10.6 Å². The Bertz CT molecular complexity index is 1340. The molecular formula is C17H15N5O7S. The van der Waals surface area contributed by atoms with Gasteiger partial charge in [0.15, 0.2) is 5.69 Å². The van der Waals surface area contributed by atoms with Gasteiger partial charge in [0, 0.05) is 6.07 Å². The number of aromatic amines is 1. The van der Waals surface area contributed by atoms with Crippen molar-refractivity contribution in [3.63, 3.8) is 0 Å². The molecule has 156 valence electrons. The van der Waals surface area contributed by atoms with E-state index < -0.39 is 42.6 Å². The molecule has 0 radical (unpaired) electrons. The summed E-state index contributed by atoms with van der Waals surface area (Å²) in [5, 5.41) is 31.2. The highest BCUT2D eigenvalue weighted by molar-refractivity contribution is 7.85. The number of azo groups is 1. The van der Waals surface area contributed by atoms with E-state index in [9.17, 15) is 33.0 Å². The van der Waals surface area contributed by atoms with Gasteiger partial charge in [-0.1, -0.05) is 17.7 Å². The Morgan fingerprint density at radius 2 is 1.77 bits per heavy atom. The first kappa shape index (κ1) is 20.9. The van der Waals surface area contributed by atoms with E-state index in [-0.39, 0.29) is 5.69 Å². The van der Waals surface area contributed by atoms with Gasteiger partial charge >= 0.3 is 5.69 Å². The first-order valence-electron chi connectivity index (χ1n) is 8.28. The van der Waals surface area contributed by atoms with Gasteiger partial charge in [-0.25, -0.2) is 4.68 Å². The summed E-state index contributed by atoms with van der Waals surface area (Å²) in [4.78, 5) is 21.8. The number of aromatic hydroxyl groups is 1. The molecule has 3 N–H and O–H groups in total. The Morgan fingerprint density at radius 1 is 1.13 bits per heavy atom. The summed E-state index contributed by atoms with van der Waals surface area (Å²) >= 11 is 0. The molecule has 0 unspecified atom stereocenters. The lowest BCUT2D eigenvalue weighted by Crippen LogP contribution is -2.13. The second-order valence-corrected chi connectivity index (χ2v) is 7.73.